The molecule has 13 unspecified atom stereocenters. The molecule has 4 aliphatic heterocycles. The molecule has 0 aromatic heterocycles. The van der Waals surface area contributed by atoms with Crippen LogP contribution in [0.5, 0.6) is 0 Å². The summed E-state index contributed by atoms with van der Waals surface area (Å²) in [5, 5.41) is 69.7. The van der Waals surface area contributed by atoms with E-state index in [9.17, 15) is 73.8 Å². The molecule has 9 N–H and O–H groups in total. The highest BCUT2D eigenvalue weighted by Gasteiger charge is 2.45. The lowest BCUT2D eigenvalue weighted by molar-refractivity contribution is -0.282. The molecule has 25 nitrogen and oxygen atoms in total. The van der Waals surface area contributed by atoms with E-state index in [-0.39, 0.29) is 75.4 Å². The van der Waals surface area contributed by atoms with Crippen molar-refractivity contribution < 1.29 is 111 Å². The van der Waals surface area contributed by atoms with Crippen molar-refractivity contribution in [2.45, 2.75) is 236 Å². The number of phosphoric acid groups is 2. The SMILES string of the molecule is CC(C)OP(=O)(O)OC[C@@H]1C[C@@H](OP(=O)(O)OCC2C[C@@H](O)CN2C(=O)CCCCCCC(=O)CCCCOC2OC(CO)C(O)C(O)C2C)CN1C(=O)CCCCCCC(=O)CCCCOC1OC(CO)C(O)C(O)C1C. The number of aliphatic hydroxyl groups excluding tert-OH is 7. The molecule has 16 atom stereocenters. The maximum atomic E-state index is 13.6. The third-order valence-corrected chi connectivity index (χ3v) is 16.9. The number of amides is 2. The third-order valence-electron chi connectivity index (χ3n) is 14.7. The lowest BCUT2D eigenvalue weighted by Gasteiger charge is -2.40. The Balaban J connectivity index is 1.12. The average molecular weight is 1160 g/mol. The van der Waals surface area contributed by atoms with Gasteiger partial charge in [-0.3, -0.25) is 37.3 Å². The Bertz CT molecular complexity index is 1900. The predicted octanol–water partition coefficient (Wildman–Crippen LogP) is 2.94. The van der Waals surface area contributed by atoms with E-state index in [2.05, 4.69) is 0 Å². The number of hydrogen-bond donors (Lipinski definition) is 9. The van der Waals surface area contributed by atoms with Crippen LogP contribution < -0.4 is 0 Å². The van der Waals surface area contributed by atoms with E-state index in [1.807, 2.05) is 0 Å². The normalized spacial score (nSPS) is 31.2. The first-order valence-electron chi connectivity index (χ1n) is 28.1. The van der Waals surface area contributed by atoms with Crippen LogP contribution in [-0.2, 0) is 65.4 Å². The molecule has 4 heterocycles. The smallest absolute Gasteiger partial charge is 0.394 e. The number of hydrogen-bond acceptors (Lipinski definition) is 21. The van der Waals surface area contributed by atoms with Crippen LogP contribution in [0.4, 0.5) is 0 Å². The number of nitrogens with zero attached hydrogens (tertiary/aromatic N) is 2. The van der Waals surface area contributed by atoms with Crippen molar-refractivity contribution >= 4 is 39.0 Å². The van der Waals surface area contributed by atoms with Crippen LogP contribution in [0.25, 0.3) is 0 Å². The summed E-state index contributed by atoms with van der Waals surface area (Å²) in [6.07, 6.45) is -1.49. The van der Waals surface area contributed by atoms with Crippen molar-refractivity contribution in [2.24, 2.45) is 11.8 Å². The number of Topliss-reactive ketones (excluding diaryl/α,β-unsaturated/α-hetero) is 2. The minimum Gasteiger partial charge on any atom is -0.394 e. The number of unbranched alkanes of at least 4 members (excludes halogenated alkanes) is 8. The highest BCUT2D eigenvalue weighted by atomic mass is 31.2. The molecule has 0 aromatic carbocycles. The van der Waals surface area contributed by atoms with Gasteiger partial charge in [0.15, 0.2) is 12.6 Å². The van der Waals surface area contributed by atoms with E-state index in [1.165, 1.54) is 9.80 Å². The Morgan fingerprint density at radius 2 is 0.949 bits per heavy atom. The fourth-order valence-electron chi connectivity index (χ4n) is 10.2. The van der Waals surface area contributed by atoms with Gasteiger partial charge in [-0.25, -0.2) is 9.13 Å². The van der Waals surface area contributed by atoms with Crippen molar-refractivity contribution in [3.05, 3.63) is 0 Å². The zero-order valence-electron chi connectivity index (χ0n) is 46.0. The summed E-state index contributed by atoms with van der Waals surface area (Å²) in [6, 6.07) is -1.54. The Morgan fingerprint density at radius 3 is 1.38 bits per heavy atom. The van der Waals surface area contributed by atoms with Crippen molar-refractivity contribution in [3.63, 3.8) is 0 Å². The third kappa shape index (κ3) is 23.4. The maximum Gasteiger partial charge on any atom is 0.472 e. The fraction of sp³-hybridized carbons (Fsp3) is 0.922. The largest absolute Gasteiger partial charge is 0.472 e. The highest BCUT2D eigenvalue weighted by molar-refractivity contribution is 7.47. The molecule has 0 bridgehead atoms. The van der Waals surface area contributed by atoms with E-state index < -0.39 is 134 Å². The first-order valence-corrected chi connectivity index (χ1v) is 31.0. The highest BCUT2D eigenvalue weighted by Crippen LogP contribution is 2.49. The molecule has 0 radical (unpaired) electrons. The van der Waals surface area contributed by atoms with E-state index in [1.54, 1.807) is 27.7 Å². The van der Waals surface area contributed by atoms with Gasteiger partial charge in [0.1, 0.15) is 36.0 Å². The van der Waals surface area contributed by atoms with E-state index in [0.717, 1.165) is 6.42 Å². The van der Waals surface area contributed by atoms with Gasteiger partial charge in [-0.05, 0) is 78.1 Å². The Hall–Kier alpha value is -1.94. The Morgan fingerprint density at radius 1 is 0.551 bits per heavy atom. The lowest BCUT2D eigenvalue weighted by atomic mass is 9.92. The van der Waals surface area contributed by atoms with Crippen LogP contribution in [0.2, 0.25) is 0 Å². The second-order valence-corrected chi connectivity index (χ2v) is 24.4. The van der Waals surface area contributed by atoms with Crippen molar-refractivity contribution in [2.75, 3.05) is 52.7 Å². The van der Waals surface area contributed by atoms with Gasteiger partial charge in [-0.15, -0.1) is 0 Å². The minimum absolute atomic E-state index is 0.0163. The molecule has 78 heavy (non-hydrogen) atoms. The Kier molecular flexibility index (Phi) is 30.4. The summed E-state index contributed by atoms with van der Waals surface area (Å²) in [7, 11) is -9.33. The molecule has 0 saturated carbocycles. The van der Waals surface area contributed by atoms with Gasteiger partial charge in [0.05, 0.1) is 69.0 Å². The van der Waals surface area contributed by atoms with Crippen LogP contribution in [0.3, 0.4) is 0 Å². The number of carbonyl (C=O) groups is 4. The van der Waals surface area contributed by atoms with Gasteiger partial charge >= 0.3 is 15.6 Å². The van der Waals surface area contributed by atoms with Crippen molar-refractivity contribution in [1.29, 1.82) is 0 Å². The first-order chi connectivity index (χ1) is 36.9. The summed E-state index contributed by atoms with van der Waals surface area (Å²) in [6.45, 7) is 5.13. The summed E-state index contributed by atoms with van der Waals surface area (Å²) in [5.74, 6) is -1.40. The van der Waals surface area contributed by atoms with Gasteiger partial charge in [-0.2, -0.15) is 0 Å². The molecule has 0 aromatic rings. The van der Waals surface area contributed by atoms with Crippen LogP contribution in [-0.4, -0.2) is 211 Å². The molecule has 4 rings (SSSR count). The van der Waals surface area contributed by atoms with Crippen molar-refractivity contribution in [1.82, 2.24) is 9.80 Å². The first kappa shape index (κ1) is 68.6. The molecule has 4 aliphatic rings. The van der Waals surface area contributed by atoms with E-state index >= 15 is 0 Å². The quantitative estimate of drug-likeness (QED) is 0.0317. The van der Waals surface area contributed by atoms with Crippen molar-refractivity contribution in [3.8, 4) is 0 Å². The second kappa shape index (κ2) is 34.6. The fourth-order valence-corrected chi connectivity index (χ4v) is 12.1. The number of carbonyl (C=O) groups excluding carboxylic acids is 4. The van der Waals surface area contributed by atoms with Gasteiger partial charge in [0.2, 0.25) is 11.8 Å². The van der Waals surface area contributed by atoms with Gasteiger partial charge in [0.25, 0.3) is 0 Å². The summed E-state index contributed by atoms with van der Waals surface area (Å²) in [4.78, 5) is 75.7. The zero-order valence-corrected chi connectivity index (χ0v) is 47.8. The molecule has 27 heteroatoms. The monoisotopic (exact) mass is 1160 g/mol. The molecular formula is C51H92N2O23P2. The van der Waals surface area contributed by atoms with E-state index in [4.69, 9.17) is 37.0 Å². The number of β-amino-alcohol motifs (C(OH)–C–C–N with tert-alkyl or cyclic N) is 1. The molecule has 454 valence electrons. The lowest BCUT2D eigenvalue weighted by Crippen LogP contribution is -2.55. The van der Waals surface area contributed by atoms with E-state index in [0.29, 0.717) is 96.3 Å². The number of ether oxygens (including phenoxy) is 4. The molecule has 0 aliphatic carbocycles. The predicted molar refractivity (Wildman–Crippen MR) is 278 cm³/mol. The number of ketones is 2. The molecule has 4 saturated heterocycles. The Labute approximate surface area is 458 Å². The standard InChI is InChI=1S/C51H92N2O23P2/c1-33(2)75-77(65,66)71-32-37-26-41(28-53(37)45(60)22-12-8-6-10-18-39(57)20-14-16-24-70-51-35(4)47(62)49(64)43(30-55)74-51)76-78(67,68)72-31-36-25-40(58)27-52(36)44(59)21-11-7-5-9-17-38(56)19-13-15-23-69-50-34(3)46(61)48(63)42(29-54)73-50/h33-37,40-43,46-51,54-55,58,61-64H,5-32H2,1-4H3,(H,65,66)(H,67,68)/t34?,35?,36?,37-,40+,41+,42?,43?,46?,47?,48?,49?,50?,51?/m0/s1. The van der Waals surface area contributed by atoms with Crippen LogP contribution in [0.1, 0.15) is 156 Å². The number of aliphatic hydroxyl groups is 7. The zero-order chi connectivity index (χ0) is 57.6. The van der Waals surface area contributed by atoms with Gasteiger partial charge in [0, 0.05) is 76.7 Å². The van der Waals surface area contributed by atoms with Crippen LogP contribution >= 0.6 is 15.6 Å². The topological polar surface area (TPSA) is 365 Å². The molecule has 0 spiro atoms. The summed E-state index contributed by atoms with van der Waals surface area (Å²) >= 11 is 0. The average Bonchev–Trinajstić information content (AvgIpc) is 3.98. The van der Waals surface area contributed by atoms with Crippen LogP contribution in [0, 0.1) is 11.8 Å². The summed E-state index contributed by atoms with van der Waals surface area (Å²) in [5.41, 5.74) is 0. The number of phosphoric ester groups is 2. The maximum absolute atomic E-state index is 13.6. The molecule has 2 amide bonds. The summed E-state index contributed by atoms with van der Waals surface area (Å²) < 4.78 is 69.6. The number of rotatable bonds is 38. The minimum atomic E-state index is -4.81. The van der Waals surface area contributed by atoms with Crippen LogP contribution in [0.15, 0.2) is 0 Å². The van der Waals surface area contributed by atoms with Gasteiger partial charge < -0.3 is 74.3 Å². The number of likely N-dealkylation sites (tertiary alicyclic amines) is 2. The molecule has 4 fully saturated rings. The molecular weight excluding hydrogens is 1070 g/mol. The second-order valence-electron chi connectivity index (χ2n) is 21.6. The van der Waals surface area contributed by atoms with Gasteiger partial charge in [-0.1, -0.05) is 39.5 Å².